The molecule has 8 nitrogen and oxygen atoms in total. The third-order valence-corrected chi connectivity index (χ3v) is 7.13. The molecule has 132 valence electrons. The molecule has 1 heterocycles. The van der Waals surface area contributed by atoms with E-state index in [0.717, 1.165) is 0 Å². The first-order valence-electron chi connectivity index (χ1n) is 6.73. The summed E-state index contributed by atoms with van der Waals surface area (Å²) >= 11 is -0.596. The molecule has 2 saturated carbocycles. The lowest BCUT2D eigenvalue weighted by molar-refractivity contribution is -0.777. The lowest BCUT2D eigenvalue weighted by Gasteiger charge is -2.28. The second kappa shape index (κ2) is 5.49. The first-order chi connectivity index (χ1) is 10.6. The normalized spacial score (nSPS) is 40.5. The predicted octanol–water partition coefficient (Wildman–Crippen LogP) is 0.137. The Morgan fingerprint density at radius 1 is 1.52 bits per heavy atom. The van der Waals surface area contributed by atoms with Gasteiger partial charge in [-0.15, -0.1) is 0 Å². The molecule has 0 spiro atoms. The first-order valence-corrected chi connectivity index (χ1v) is 8.94. The summed E-state index contributed by atoms with van der Waals surface area (Å²) in [4.78, 5) is 12.1. The van der Waals surface area contributed by atoms with Crippen molar-refractivity contribution in [3.63, 3.8) is 0 Å². The number of hydrogen-bond donors (Lipinski definition) is 0. The van der Waals surface area contributed by atoms with E-state index in [-0.39, 0.29) is 11.8 Å². The summed E-state index contributed by atoms with van der Waals surface area (Å²) in [5.41, 5.74) is -0.815. The summed E-state index contributed by atoms with van der Waals surface area (Å²) in [7, 11) is -3.93. The van der Waals surface area contributed by atoms with Crippen molar-refractivity contribution in [1.29, 1.82) is 0 Å². The summed E-state index contributed by atoms with van der Waals surface area (Å²) in [6.45, 7) is 0.320. The maximum Gasteiger partial charge on any atom is 0.354 e. The van der Waals surface area contributed by atoms with Gasteiger partial charge < -0.3 is 9.99 Å². The Kier molecular flexibility index (Phi) is 4.13. The Balaban J connectivity index is 1.68. The lowest BCUT2D eigenvalue weighted by atomic mass is 9.80. The highest BCUT2D eigenvalue weighted by atomic mass is 32.2. The van der Waals surface area contributed by atoms with E-state index in [4.69, 9.17) is 4.18 Å². The molecule has 5 unspecified atom stereocenters. The van der Waals surface area contributed by atoms with Crippen LogP contribution in [0.2, 0.25) is 0 Å². The van der Waals surface area contributed by atoms with Crippen LogP contribution in [0, 0.1) is 17.8 Å². The van der Waals surface area contributed by atoms with Crippen molar-refractivity contribution in [2.45, 2.75) is 35.9 Å². The van der Waals surface area contributed by atoms with Crippen molar-refractivity contribution in [1.82, 2.24) is 0 Å². The number of carbonyl (C=O) groups is 1. The fourth-order valence-corrected chi connectivity index (χ4v) is 6.63. The van der Waals surface area contributed by atoms with E-state index in [9.17, 15) is 27.3 Å². The Hall–Kier alpha value is -0.530. The van der Waals surface area contributed by atoms with E-state index in [1.54, 1.807) is 6.92 Å². The molecule has 1 saturated heterocycles. The molecule has 0 aromatic carbocycles. The monoisotopic (exact) mass is 375 g/mol. The zero-order valence-electron chi connectivity index (χ0n) is 11.8. The summed E-state index contributed by atoms with van der Waals surface area (Å²) in [5.74, 6) is -2.63. The van der Waals surface area contributed by atoms with Gasteiger partial charge in [0.1, 0.15) is 17.3 Å². The molecule has 23 heavy (non-hydrogen) atoms. The van der Waals surface area contributed by atoms with E-state index < -0.39 is 56.8 Å². The van der Waals surface area contributed by atoms with Crippen molar-refractivity contribution in [3.8, 4) is 0 Å². The van der Waals surface area contributed by atoms with Gasteiger partial charge in [0.25, 0.3) is 10.1 Å². The predicted molar refractivity (Wildman–Crippen MR) is 67.6 cm³/mol. The van der Waals surface area contributed by atoms with Crippen molar-refractivity contribution in [2.75, 3.05) is 6.61 Å². The van der Waals surface area contributed by atoms with E-state index in [2.05, 4.69) is 14.1 Å². The number of rotatable bonds is 6. The lowest BCUT2D eigenvalue weighted by Crippen LogP contribution is -2.41. The van der Waals surface area contributed by atoms with Gasteiger partial charge in [-0.1, -0.05) is 0 Å². The number of alkyl halides is 2. The highest BCUT2D eigenvalue weighted by molar-refractivity contribution is 7.95. The zero-order chi connectivity index (χ0) is 17.0. The van der Waals surface area contributed by atoms with Crippen LogP contribution in [-0.2, 0) is 33.2 Å². The molecule has 2 aliphatic carbocycles. The molecule has 0 N–H and O–H groups in total. The van der Waals surface area contributed by atoms with Gasteiger partial charge in [0.05, 0.1) is 11.5 Å². The summed E-state index contributed by atoms with van der Waals surface area (Å²) in [6, 6.07) is 0. The minimum absolute atomic E-state index is 0.276. The molecule has 1 aliphatic heterocycles. The smallest absolute Gasteiger partial charge is 0.354 e. The fourth-order valence-electron chi connectivity index (χ4n) is 4.07. The Morgan fingerprint density at radius 3 is 2.87 bits per heavy atom. The fraction of sp³-hybridized carbons (Fsp3) is 0.909. The van der Waals surface area contributed by atoms with Crippen LogP contribution in [0.25, 0.3) is 0 Å². The standard InChI is InChI=1S/C11H14F2O8S2/c1-10-3-5-2-6(10)8(23(16,17)19-10)7(5)9(14)18-4-11(12,13)22-21-20-15/h5-8,15H,2-4H2,1H3/p-1. The molecule has 3 rings (SSSR count). The van der Waals surface area contributed by atoms with Crippen molar-refractivity contribution in [3.05, 3.63) is 0 Å². The Bertz CT molecular complexity index is 611. The number of esters is 1. The van der Waals surface area contributed by atoms with E-state index in [1.165, 1.54) is 0 Å². The molecule has 0 radical (unpaired) electrons. The van der Waals surface area contributed by atoms with Crippen molar-refractivity contribution >= 4 is 28.1 Å². The quantitative estimate of drug-likeness (QED) is 0.210. The van der Waals surface area contributed by atoms with Crippen molar-refractivity contribution < 1.29 is 45.5 Å². The van der Waals surface area contributed by atoms with Crippen LogP contribution in [-0.4, -0.2) is 37.1 Å². The molecule has 0 aromatic rings. The molecule has 5 atom stereocenters. The minimum atomic E-state index is -3.93. The number of hydrogen-bond acceptors (Lipinski definition) is 9. The first kappa shape index (κ1) is 17.3. The van der Waals surface area contributed by atoms with Crippen LogP contribution >= 0.6 is 12.0 Å². The third-order valence-electron chi connectivity index (χ3n) is 4.75. The zero-order valence-corrected chi connectivity index (χ0v) is 13.4. The molecular formula is C11H13F2O8S2-. The third kappa shape index (κ3) is 2.85. The molecule has 3 aliphatic rings. The van der Waals surface area contributed by atoms with Crippen LogP contribution in [0.1, 0.15) is 19.8 Å². The van der Waals surface area contributed by atoms with Crippen LogP contribution in [0.15, 0.2) is 0 Å². The Morgan fingerprint density at radius 2 is 2.22 bits per heavy atom. The van der Waals surface area contributed by atoms with Gasteiger partial charge in [0.2, 0.25) is 0 Å². The van der Waals surface area contributed by atoms with Crippen LogP contribution in [0.4, 0.5) is 8.78 Å². The van der Waals surface area contributed by atoms with E-state index in [1.807, 2.05) is 0 Å². The van der Waals surface area contributed by atoms with Crippen molar-refractivity contribution in [2.24, 2.45) is 17.8 Å². The molecule has 12 heteroatoms. The largest absolute Gasteiger partial charge is 0.691 e. The SMILES string of the molecule is CC12CC3CC1C(C3C(=O)OCC(F)(F)SOO[O-])S(=O)(=O)O2. The summed E-state index contributed by atoms with van der Waals surface area (Å²) in [6.07, 6.45) is 0.851. The molecule has 0 aromatic heterocycles. The highest BCUT2D eigenvalue weighted by Gasteiger charge is 2.71. The summed E-state index contributed by atoms with van der Waals surface area (Å²) in [5, 5.41) is 7.58. The van der Waals surface area contributed by atoms with Gasteiger partial charge in [-0.05, 0) is 25.7 Å². The number of fused-ring (bicyclic) bond motifs is 1. The molecule has 0 amide bonds. The maximum atomic E-state index is 13.2. The molecule has 2 bridgehead atoms. The second-order valence-electron chi connectivity index (χ2n) is 6.15. The van der Waals surface area contributed by atoms with Gasteiger partial charge in [-0.25, -0.2) is 0 Å². The number of halogens is 2. The van der Waals surface area contributed by atoms with E-state index >= 15 is 0 Å². The topological polar surface area (TPSA) is 111 Å². The maximum absolute atomic E-state index is 13.2. The Labute approximate surface area is 134 Å². The van der Waals surface area contributed by atoms with Gasteiger partial charge in [0.15, 0.2) is 6.61 Å². The second-order valence-corrected chi connectivity index (χ2v) is 8.75. The number of ether oxygens (including phenoxy) is 1. The molecular weight excluding hydrogens is 362 g/mol. The van der Waals surface area contributed by atoms with E-state index in [0.29, 0.717) is 12.8 Å². The summed E-state index contributed by atoms with van der Waals surface area (Å²) < 4.78 is 63.9. The highest BCUT2D eigenvalue weighted by Crippen LogP contribution is 2.62. The van der Waals surface area contributed by atoms with Crippen LogP contribution in [0.3, 0.4) is 0 Å². The average Bonchev–Trinajstić information content (AvgIpc) is 2.99. The number of carbonyl (C=O) groups excluding carboxylic acids is 1. The minimum Gasteiger partial charge on any atom is -0.691 e. The van der Waals surface area contributed by atoms with Gasteiger partial charge in [0, 0.05) is 5.92 Å². The average molecular weight is 375 g/mol. The van der Waals surface area contributed by atoms with Gasteiger partial charge in [-0.3, -0.25) is 14.0 Å². The van der Waals surface area contributed by atoms with Crippen LogP contribution in [0.5, 0.6) is 0 Å². The van der Waals surface area contributed by atoms with Gasteiger partial charge >= 0.3 is 11.2 Å². The molecule has 3 fully saturated rings. The van der Waals surface area contributed by atoms with Gasteiger partial charge in [-0.2, -0.15) is 21.5 Å². The van der Waals surface area contributed by atoms with Crippen LogP contribution < -0.4 is 5.26 Å².